The highest BCUT2D eigenvalue weighted by Crippen LogP contribution is 2.17. The van der Waals surface area contributed by atoms with Crippen LogP contribution < -0.4 is 10.1 Å². The highest BCUT2D eigenvalue weighted by Gasteiger charge is 2.23. The number of piperazine rings is 1. The van der Waals surface area contributed by atoms with E-state index in [-0.39, 0.29) is 23.2 Å². The third kappa shape index (κ3) is 5.10. The Labute approximate surface area is 169 Å². The van der Waals surface area contributed by atoms with Gasteiger partial charge in [-0.3, -0.25) is 14.4 Å². The largest absolute Gasteiger partial charge is 0.496 e. The Kier molecular flexibility index (Phi) is 6.78. The van der Waals surface area contributed by atoms with Gasteiger partial charge in [-0.05, 0) is 30.2 Å². The van der Waals surface area contributed by atoms with E-state index in [9.17, 15) is 14.4 Å². The maximum Gasteiger partial charge on any atom is 0.272 e. The molecule has 8 heteroatoms. The predicted molar refractivity (Wildman–Crippen MR) is 107 cm³/mol. The molecule has 3 amide bonds. The lowest BCUT2D eigenvalue weighted by molar-refractivity contribution is -0.119. The van der Waals surface area contributed by atoms with Crippen LogP contribution in [0.2, 0.25) is 0 Å². The van der Waals surface area contributed by atoms with E-state index < -0.39 is 0 Å². The van der Waals surface area contributed by atoms with E-state index in [4.69, 9.17) is 4.74 Å². The zero-order valence-electron chi connectivity index (χ0n) is 16.3. The van der Waals surface area contributed by atoms with E-state index in [1.807, 2.05) is 24.3 Å². The second-order valence-corrected chi connectivity index (χ2v) is 6.66. The summed E-state index contributed by atoms with van der Waals surface area (Å²) in [6, 6.07) is 12.5. The van der Waals surface area contributed by atoms with Crippen molar-refractivity contribution in [3.05, 3.63) is 59.4 Å². The summed E-state index contributed by atoms with van der Waals surface area (Å²) >= 11 is 0. The molecule has 0 saturated carbocycles. The number of nitrogens with zero attached hydrogens (tertiary/aromatic N) is 3. The molecule has 1 aliphatic heterocycles. The SMILES string of the molecule is COc1ccccc1CCNC(=O)c1cccc(C(=O)N2CCN(C=O)CC2)n1. The molecule has 0 aliphatic carbocycles. The van der Waals surface area contributed by atoms with Crippen molar-refractivity contribution in [3.8, 4) is 5.75 Å². The van der Waals surface area contributed by atoms with E-state index in [1.54, 1.807) is 35.1 Å². The lowest BCUT2D eigenvalue weighted by atomic mass is 10.1. The number of hydrogen-bond acceptors (Lipinski definition) is 5. The number of amides is 3. The van der Waals surface area contributed by atoms with Gasteiger partial charge in [0.15, 0.2) is 0 Å². The molecule has 2 heterocycles. The lowest BCUT2D eigenvalue weighted by Crippen LogP contribution is -2.48. The van der Waals surface area contributed by atoms with Gasteiger partial charge < -0.3 is 19.9 Å². The van der Waals surface area contributed by atoms with Crippen LogP contribution in [0.1, 0.15) is 26.5 Å². The van der Waals surface area contributed by atoms with Crippen molar-refractivity contribution in [3.63, 3.8) is 0 Å². The summed E-state index contributed by atoms with van der Waals surface area (Å²) in [6.45, 7) is 2.33. The van der Waals surface area contributed by atoms with Crippen LogP contribution >= 0.6 is 0 Å². The average Bonchev–Trinajstić information content (AvgIpc) is 2.79. The number of benzene rings is 1. The van der Waals surface area contributed by atoms with Gasteiger partial charge in [0, 0.05) is 32.7 Å². The first-order valence-electron chi connectivity index (χ1n) is 9.48. The van der Waals surface area contributed by atoms with E-state index >= 15 is 0 Å². The molecule has 8 nitrogen and oxygen atoms in total. The van der Waals surface area contributed by atoms with Gasteiger partial charge in [-0.25, -0.2) is 4.98 Å². The molecule has 1 aromatic heterocycles. The second-order valence-electron chi connectivity index (χ2n) is 6.66. The van der Waals surface area contributed by atoms with Crippen LogP contribution in [0.4, 0.5) is 0 Å². The van der Waals surface area contributed by atoms with Gasteiger partial charge in [-0.1, -0.05) is 24.3 Å². The first-order chi connectivity index (χ1) is 14.1. The quantitative estimate of drug-likeness (QED) is 0.705. The first kappa shape index (κ1) is 20.3. The topological polar surface area (TPSA) is 91.8 Å². The molecular formula is C21H24N4O4. The van der Waals surface area contributed by atoms with Gasteiger partial charge in [0.2, 0.25) is 6.41 Å². The monoisotopic (exact) mass is 396 g/mol. The molecule has 2 aromatic rings. The fourth-order valence-electron chi connectivity index (χ4n) is 3.18. The average molecular weight is 396 g/mol. The number of rotatable bonds is 7. The third-order valence-electron chi connectivity index (χ3n) is 4.82. The molecule has 0 unspecified atom stereocenters. The summed E-state index contributed by atoms with van der Waals surface area (Å²) < 4.78 is 5.31. The number of nitrogens with one attached hydrogen (secondary N) is 1. The number of carbonyl (C=O) groups is 3. The second kappa shape index (κ2) is 9.68. The summed E-state index contributed by atoms with van der Waals surface area (Å²) in [6.07, 6.45) is 1.41. The van der Waals surface area contributed by atoms with Crippen molar-refractivity contribution in [1.29, 1.82) is 0 Å². The van der Waals surface area contributed by atoms with Crippen molar-refractivity contribution < 1.29 is 19.1 Å². The summed E-state index contributed by atoms with van der Waals surface area (Å²) in [7, 11) is 1.61. The number of methoxy groups -OCH3 is 1. The number of ether oxygens (including phenoxy) is 1. The summed E-state index contributed by atoms with van der Waals surface area (Å²) in [5.74, 6) is 0.210. The third-order valence-corrected chi connectivity index (χ3v) is 4.82. The molecular weight excluding hydrogens is 372 g/mol. The maximum absolute atomic E-state index is 12.7. The smallest absolute Gasteiger partial charge is 0.272 e. The maximum atomic E-state index is 12.7. The van der Waals surface area contributed by atoms with Crippen molar-refractivity contribution in [2.24, 2.45) is 0 Å². The Bertz CT molecular complexity index is 878. The van der Waals surface area contributed by atoms with Gasteiger partial charge in [0.05, 0.1) is 7.11 Å². The molecule has 1 fully saturated rings. The minimum Gasteiger partial charge on any atom is -0.496 e. The Hall–Kier alpha value is -3.42. The molecule has 152 valence electrons. The van der Waals surface area contributed by atoms with Gasteiger partial charge in [0.1, 0.15) is 17.1 Å². The Morgan fingerprint density at radius 2 is 1.79 bits per heavy atom. The molecule has 29 heavy (non-hydrogen) atoms. The van der Waals surface area contributed by atoms with E-state index in [1.165, 1.54) is 0 Å². The summed E-state index contributed by atoms with van der Waals surface area (Å²) in [5.41, 5.74) is 1.42. The number of para-hydroxylation sites is 1. The van der Waals surface area contributed by atoms with Crippen LogP contribution in [0.15, 0.2) is 42.5 Å². The van der Waals surface area contributed by atoms with Crippen molar-refractivity contribution in [2.75, 3.05) is 39.8 Å². The molecule has 0 atom stereocenters. The van der Waals surface area contributed by atoms with Gasteiger partial charge >= 0.3 is 0 Å². The van der Waals surface area contributed by atoms with Crippen molar-refractivity contribution in [1.82, 2.24) is 20.1 Å². The van der Waals surface area contributed by atoms with Crippen LogP contribution in [-0.2, 0) is 11.2 Å². The predicted octanol–water partition coefficient (Wildman–Crippen LogP) is 0.977. The zero-order chi connectivity index (χ0) is 20.6. The molecule has 1 aliphatic rings. The molecule has 3 rings (SSSR count). The molecule has 0 bridgehead atoms. The van der Waals surface area contributed by atoms with Crippen LogP contribution in [-0.4, -0.2) is 72.8 Å². The standard InChI is InChI=1S/C21H24N4O4/c1-29-19-8-3-2-5-16(19)9-10-22-20(27)17-6-4-7-18(23-17)21(28)25-13-11-24(15-26)12-14-25/h2-8,15H,9-14H2,1H3,(H,22,27). The minimum atomic E-state index is -0.333. The highest BCUT2D eigenvalue weighted by atomic mass is 16.5. The van der Waals surface area contributed by atoms with Gasteiger partial charge in [-0.2, -0.15) is 0 Å². The fraction of sp³-hybridized carbons (Fsp3) is 0.333. The Morgan fingerprint density at radius 3 is 2.52 bits per heavy atom. The van der Waals surface area contributed by atoms with Crippen LogP contribution in [0, 0.1) is 0 Å². The Balaban J connectivity index is 1.58. The van der Waals surface area contributed by atoms with Gasteiger partial charge in [-0.15, -0.1) is 0 Å². The van der Waals surface area contributed by atoms with Gasteiger partial charge in [0.25, 0.3) is 11.8 Å². The first-order valence-corrected chi connectivity index (χ1v) is 9.48. The lowest BCUT2D eigenvalue weighted by Gasteiger charge is -2.32. The normalized spacial score (nSPS) is 13.7. The Morgan fingerprint density at radius 1 is 1.07 bits per heavy atom. The van der Waals surface area contributed by atoms with E-state index in [2.05, 4.69) is 10.3 Å². The number of hydrogen-bond donors (Lipinski definition) is 1. The van der Waals surface area contributed by atoms with E-state index in [0.29, 0.717) is 39.1 Å². The van der Waals surface area contributed by atoms with E-state index in [0.717, 1.165) is 17.7 Å². The van der Waals surface area contributed by atoms with Crippen LogP contribution in [0.5, 0.6) is 5.75 Å². The summed E-state index contributed by atoms with van der Waals surface area (Å²) in [4.78, 5) is 43.4. The zero-order valence-corrected chi connectivity index (χ0v) is 16.3. The van der Waals surface area contributed by atoms with Crippen LogP contribution in [0.25, 0.3) is 0 Å². The molecule has 1 saturated heterocycles. The molecule has 1 aromatic carbocycles. The number of carbonyl (C=O) groups excluding carboxylic acids is 3. The van der Waals surface area contributed by atoms with Crippen LogP contribution in [0.3, 0.4) is 0 Å². The minimum absolute atomic E-state index is 0.197. The number of pyridine rings is 1. The van der Waals surface area contributed by atoms with Crippen molar-refractivity contribution in [2.45, 2.75) is 6.42 Å². The van der Waals surface area contributed by atoms with Crippen molar-refractivity contribution >= 4 is 18.2 Å². The molecule has 0 radical (unpaired) electrons. The molecule has 0 spiro atoms. The highest BCUT2D eigenvalue weighted by molar-refractivity contribution is 5.96. The summed E-state index contributed by atoms with van der Waals surface area (Å²) in [5, 5.41) is 2.83. The number of aromatic nitrogens is 1. The fourth-order valence-corrected chi connectivity index (χ4v) is 3.18. The molecule has 1 N–H and O–H groups in total.